The number of anilines is 1. The van der Waals surface area contributed by atoms with Crippen molar-refractivity contribution in [3.63, 3.8) is 0 Å². The second-order valence-corrected chi connectivity index (χ2v) is 8.16. The lowest BCUT2D eigenvalue weighted by molar-refractivity contribution is 0.415. The molecule has 3 aromatic rings. The van der Waals surface area contributed by atoms with Gasteiger partial charge in [-0.15, -0.1) is 11.3 Å². The molecule has 0 unspecified atom stereocenters. The number of thiophene rings is 1. The number of aryl methyl sites for hydroxylation is 1. The number of benzene rings is 1. The highest BCUT2D eigenvalue weighted by atomic mass is 32.1. The van der Waals surface area contributed by atoms with Crippen LogP contribution in [0.4, 0.5) is 5.69 Å². The van der Waals surface area contributed by atoms with Crippen molar-refractivity contribution in [2.45, 2.75) is 39.2 Å². The summed E-state index contributed by atoms with van der Waals surface area (Å²) in [4.78, 5) is 22.7. The average molecular weight is 369 g/mol. The van der Waals surface area contributed by atoms with E-state index < -0.39 is 0 Å². The lowest BCUT2D eigenvalue weighted by atomic mass is 9.89. The van der Waals surface area contributed by atoms with Gasteiger partial charge in [0, 0.05) is 16.6 Å². The molecule has 1 aliphatic rings. The molecule has 26 heavy (non-hydrogen) atoms. The minimum absolute atomic E-state index is 0.0173. The van der Waals surface area contributed by atoms with Crippen molar-refractivity contribution >= 4 is 27.2 Å². The van der Waals surface area contributed by atoms with Gasteiger partial charge < -0.3 is 15.0 Å². The molecule has 1 aromatic carbocycles. The fourth-order valence-electron chi connectivity index (χ4n) is 3.60. The normalized spacial score (nSPS) is 17.7. The molecule has 0 amide bonds. The van der Waals surface area contributed by atoms with Crippen molar-refractivity contribution in [2.24, 2.45) is 5.92 Å². The van der Waals surface area contributed by atoms with Gasteiger partial charge in [0.05, 0.1) is 18.5 Å². The minimum Gasteiger partial charge on any atom is -0.497 e. The number of fused-ring (bicyclic) bond motifs is 3. The van der Waals surface area contributed by atoms with Gasteiger partial charge in [0.25, 0.3) is 5.56 Å². The lowest BCUT2D eigenvalue weighted by Crippen LogP contribution is -2.18. The maximum Gasteiger partial charge on any atom is 0.259 e. The summed E-state index contributed by atoms with van der Waals surface area (Å²) in [5, 5.41) is 4.19. The van der Waals surface area contributed by atoms with Crippen molar-refractivity contribution in [3.8, 4) is 5.75 Å². The minimum atomic E-state index is -0.114. The van der Waals surface area contributed by atoms with Crippen molar-refractivity contribution < 1.29 is 4.74 Å². The van der Waals surface area contributed by atoms with E-state index in [4.69, 9.17) is 9.72 Å². The van der Waals surface area contributed by atoms with Crippen LogP contribution < -0.4 is 15.6 Å². The van der Waals surface area contributed by atoms with E-state index in [1.807, 2.05) is 31.2 Å². The largest absolute Gasteiger partial charge is 0.497 e. The summed E-state index contributed by atoms with van der Waals surface area (Å²) in [6, 6.07) is 7.62. The Labute approximate surface area is 156 Å². The third-order valence-corrected chi connectivity index (χ3v) is 6.20. The average Bonchev–Trinajstić information content (AvgIpc) is 2.99. The zero-order valence-corrected chi connectivity index (χ0v) is 16.1. The van der Waals surface area contributed by atoms with E-state index in [0.717, 1.165) is 40.9 Å². The van der Waals surface area contributed by atoms with Crippen LogP contribution in [0, 0.1) is 5.92 Å². The zero-order chi connectivity index (χ0) is 18.3. The SMILES string of the molecule is COc1cccc(N[C@H](C)c2nc3sc4c(c3c(=O)[nH]2)CC[C@@H](C)C4)c1. The number of ether oxygens (including phenoxy) is 1. The van der Waals surface area contributed by atoms with Gasteiger partial charge >= 0.3 is 0 Å². The van der Waals surface area contributed by atoms with Crippen LogP contribution in [0.1, 0.15) is 42.6 Å². The molecule has 2 N–H and O–H groups in total. The van der Waals surface area contributed by atoms with Crippen LogP contribution >= 0.6 is 11.3 Å². The highest BCUT2D eigenvalue weighted by Gasteiger charge is 2.23. The highest BCUT2D eigenvalue weighted by molar-refractivity contribution is 7.18. The number of aromatic nitrogens is 2. The third kappa shape index (κ3) is 3.09. The fraction of sp³-hybridized carbons (Fsp3) is 0.400. The van der Waals surface area contributed by atoms with Crippen LogP contribution in [0.2, 0.25) is 0 Å². The molecule has 0 radical (unpaired) electrons. The number of hydrogen-bond donors (Lipinski definition) is 2. The molecule has 0 bridgehead atoms. The molecule has 0 spiro atoms. The number of nitrogens with zero attached hydrogens (tertiary/aromatic N) is 1. The first-order valence-corrected chi connectivity index (χ1v) is 9.82. The number of hydrogen-bond acceptors (Lipinski definition) is 5. The molecule has 5 nitrogen and oxygen atoms in total. The van der Waals surface area contributed by atoms with Gasteiger partial charge in [-0.1, -0.05) is 13.0 Å². The molecule has 0 aliphatic heterocycles. The summed E-state index contributed by atoms with van der Waals surface area (Å²) in [6.45, 7) is 4.27. The van der Waals surface area contributed by atoms with Crippen LogP contribution in [0.3, 0.4) is 0 Å². The maximum atomic E-state index is 12.7. The number of aromatic amines is 1. The Morgan fingerprint density at radius 3 is 3.08 bits per heavy atom. The smallest absolute Gasteiger partial charge is 0.259 e. The van der Waals surface area contributed by atoms with Crippen LogP contribution in [0.5, 0.6) is 5.75 Å². The Morgan fingerprint density at radius 2 is 2.27 bits per heavy atom. The quantitative estimate of drug-likeness (QED) is 0.720. The van der Waals surface area contributed by atoms with E-state index in [0.29, 0.717) is 11.7 Å². The van der Waals surface area contributed by atoms with Gasteiger partial charge in [-0.05, 0) is 49.8 Å². The molecule has 0 fully saturated rings. The van der Waals surface area contributed by atoms with Crippen LogP contribution in [0.15, 0.2) is 29.1 Å². The number of H-pyrrole nitrogens is 1. The second-order valence-electron chi connectivity index (χ2n) is 7.08. The maximum absolute atomic E-state index is 12.7. The summed E-state index contributed by atoms with van der Waals surface area (Å²) >= 11 is 1.68. The number of methoxy groups -OCH3 is 1. The Bertz CT molecular complexity index is 1010. The first-order valence-electron chi connectivity index (χ1n) is 9.00. The van der Waals surface area contributed by atoms with Gasteiger partial charge in [-0.25, -0.2) is 4.98 Å². The predicted octanol–water partition coefficient (Wildman–Crippen LogP) is 4.29. The summed E-state index contributed by atoms with van der Waals surface area (Å²) in [7, 11) is 1.65. The Kier molecular flexibility index (Phi) is 4.44. The molecule has 1 aliphatic carbocycles. The zero-order valence-electron chi connectivity index (χ0n) is 15.3. The van der Waals surface area contributed by atoms with Crippen LogP contribution in [0.25, 0.3) is 10.2 Å². The number of rotatable bonds is 4. The summed E-state index contributed by atoms with van der Waals surface area (Å²) in [6.07, 6.45) is 3.19. The van der Waals surface area contributed by atoms with Gasteiger partial charge in [0.1, 0.15) is 16.4 Å². The summed E-state index contributed by atoms with van der Waals surface area (Å²) in [5.74, 6) is 2.14. The first kappa shape index (κ1) is 17.1. The van der Waals surface area contributed by atoms with E-state index in [-0.39, 0.29) is 11.6 Å². The summed E-state index contributed by atoms with van der Waals surface area (Å²) in [5.41, 5.74) is 2.13. The number of nitrogens with one attached hydrogen (secondary N) is 2. The highest BCUT2D eigenvalue weighted by Crippen LogP contribution is 2.36. The predicted molar refractivity (Wildman–Crippen MR) is 106 cm³/mol. The van der Waals surface area contributed by atoms with Crippen LogP contribution in [-0.4, -0.2) is 17.1 Å². The lowest BCUT2D eigenvalue weighted by Gasteiger charge is -2.17. The van der Waals surface area contributed by atoms with Crippen molar-refractivity contribution in [1.82, 2.24) is 9.97 Å². The van der Waals surface area contributed by atoms with Crippen molar-refractivity contribution in [2.75, 3.05) is 12.4 Å². The Hall–Kier alpha value is -2.34. The fourth-order valence-corrected chi connectivity index (χ4v) is 4.99. The molecular weight excluding hydrogens is 346 g/mol. The molecule has 0 saturated heterocycles. The topological polar surface area (TPSA) is 67.0 Å². The Morgan fingerprint density at radius 1 is 1.42 bits per heavy atom. The monoisotopic (exact) mass is 369 g/mol. The van der Waals surface area contributed by atoms with Gasteiger partial charge in [0.2, 0.25) is 0 Å². The Balaban J connectivity index is 1.67. The van der Waals surface area contributed by atoms with E-state index in [2.05, 4.69) is 17.2 Å². The molecule has 2 aromatic heterocycles. The molecular formula is C20H23N3O2S. The summed E-state index contributed by atoms with van der Waals surface area (Å²) < 4.78 is 5.26. The molecule has 4 rings (SSSR count). The van der Waals surface area contributed by atoms with E-state index in [9.17, 15) is 4.79 Å². The van der Waals surface area contributed by atoms with E-state index in [1.165, 1.54) is 10.4 Å². The molecule has 6 heteroatoms. The first-order chi connectivity index (χ1) is 12.5. The van der Waals surface area contributed by atoms with Gasteiger partial charge in [-0.3, -0.25) is 4.79 Å². The van der Waals surface area contributed by atoms with Crippen molar-refractivity contribution in [3.05, 3.63) is 50.9 Å². The standard InChI is InChI=1S/C20H23N3O2S/c1-11-7-8-15-16(9-11)26-20-17(15)19(24)22-18(23-20)12(2)21-13-5-4-6-14(10-13)25-3/h4-6,10-12,21H,7-9H2,1-3H3,(H,22,23,24)/t11-,12-/m1/s1. The molecule has 2 heterocycles. The van der Waals surface area contributed by atoms with Gasteiger partial charge in [-0.2, -0.15) is 0 Å². The van der Waals surface area contributed by atoms with Gasteiger partial charge in [0.15, 0.2) is 0 Å². The molecule has 2 atom stereocenters. The third-order valence-electron chi connectivity index (χ3n) is 5.05. The second kappa shape index (κ2) is 6.76. The van der Waals surface area contributed by atoms with E-state index in [1.54, 1.807) is 18.4 Å². The van der Waals surface area contributed by atoms with E-state index >= 15 is 0 Å². The molecule has 0 saturated carbocycles. The van der Waals surface area contributed by atoms with Crippen LogP contribution in [-0.2, 0) is 12.8 Å². The van der Waals surface area contributed by atoms with Crippen molar-refractivity contribution in [1.29, 1.82) is 0 Å². The molecule has 136 valence electrons.